The number of aliphatic carboxylic acids is 1. The second kappa shape index (κ2) is 8.31. The molecule has 26 heavy (non-hydrogen) atoms. The average Bonchev–Trinajstić information content (AvgIpc) is 2.57. The van der Waals surface area contributed by atoms with Gasteiger partial charge in [0.05, 0.1) is 4.92 Å². The maximum absolute atomic E-state index is 13.0. The van der Waals surface area contributed by atoms with Gasteiger partial charge in [0, 0.05) is 16.6 Å². The second-order valence-electron chi connectivity index (χ2n) is 5.07. The Morgan fingerprint density at radius 2 is 1.62 bits per heavy atom. The van der Waals surface area contributed by atoms with Gasteiger partial charge in [-0.1, -0.05) is 15.9 Å². The number of carbonyl (C=O) groups is 1. The van der Waals surface area contributed by atoms with Crippen LogP contribution in [0.4, 0.5) is 5.69 Å². The molecule has 0 radical (unpaired) electrons. The van der Waals surface area contributed by atoms with Crippen LogP contribution in [0.25, 0.3) is 0 Å². The Morgan fingerprint density at radius 3 is 2.04 bits per heavy atom. The van der Waals surface area contributed by atoms with E-state index < -0.39 is 24.7 Å². The van der Waals surface area contributed by atoms with Gasteiger partial charge in [-0.3, -0.25) is 14.9 Å². The lowest BCUT2D eigenvalue weighted by molar-refractivity contribution is -0.384. The van der Waals surface area contributed by atoms with Crippen LogP contribution in [0.1, 0.15) is 6.92 Å². The zero-order valence-corrected chi connectivity index (χ0v) is 15.8. The molecule has 0 amide bonds. The molecule has 0 heterocycles. The zero-order valence-electron chi connectivity index (χ0n) is 13.4. The predicted octanol–water partition coefficient (Wildman–Crippen LogP) is 3.99. The first-order chi connectivity index (χ1) is 12.2. The van der Waals surface area contributed by atoms with E-state index in [1.54, 1.807) is 12.1 Å². The van der Waals surface area contributed by atoms with Crippen molar-refractivity contribution in [3.05, 3.63) is 63.1 Å². The van der Waals surface area contributed by atoms with Crippen molar-refractivity contribution >= 4 is 35.3 Å². The summed E-state index contributed by atoms with van der Waals surface area (Å²) >= 11 is 3.25. The minimum Gasteiger partial charge on any atom is -0.480 e. The molecule has 0 aliphatic heterocycles. The minimum atomic E-state index is -4.14. The van der Waals surface area contributed by atoms with Gasteiger partial charge in [-0.25, -0.2) is 4.57 Å². The standard InChI is InChI=1S/C15H14BrN2O7P/c1-10(15(19)20)17-26(23,24-13-6-2-11(16)3-7-13)25-14-8-4-12(5-9-14)18(21)22/h2-10H,1H3,(H,17,23)(H,19,20)/t10-,26?/m0/s1. The lowest BCUT2D eigenvalue weighted by Crippen LogP contribution is -2.34. The van der Waals surface area contributed by atoms with Crippen molar-refractivity contribution < 1.29 is 28.4 Å². The Hall–Kier alpha value is -2.42. The number of carboxylic acid groups (broad SMARTS) is 1. The molecule has 2 atom stereocenters. The maximum atomic E-state index is 13.0. The summed E-state index contributed by atoms with van der Waals surface area (Å²) in [5.41, 5.74) is -0.173. The van der Waals surface area contributed by atoms with Crippen molar-refractivity contribution in [3.63, 3.8) is 0 Å². The lowest BCUT2D eigenvalue weighted by atomic mass is 10.3. The largest absolute Gasteiger partial charge is 0.513 e. The third kappa shape index (κ3) is 5.55. The van der Waals surface area contributed by atoms with Gasteiger partial charge in [-0.15, -0.1) is 0 Å². The smallest absolute Gasteiger partial charge is 0.480 e. The van der Waals surface area contributed by atoms with Crippen LogP contribution >= 0.6 is 23.7 Å². The highest BCUT2D eigenvalue weighted by atomic mass is 79.9. The summed E-state index contributed by atoms with van der Waals surface area (Å²) in [6, 6.07) is 9.91. The van der Waals surface area contributed by atoms with Crippen LogP contribution in [0.2, 0.25) is 0 Å². The van der Waals surface area contributed by atoms with E-state index in [0.717, 1.165) is 4.47 Å². The van der Waals surface area contributed by atoms with Crippen molar-refractivity contribution in [1.29, 1.82) is 0 Å². The summed E-state index contributed by atoms with van der Waals surface area (Å²) in [6.45, 7) is 1.28. The predicted molar refractivity (Wildman–Crippen MR) is 96.3 cm³/mol. The monoisotopic (exact) mass is 444 g/mol. The van der Waals surface area contributed by atoms with Crippen molar-refractivity contribution in [1.82, 2.24) is 5.09 Å². The Labute approximate surface area is 156 Å². The van der Waals surface area contributed by atoms with E-state index in [2.05, 4.69) is 21.0 Å². The van der Waals surface area contributed by atoms with E-state index in [9.17, 15) is 19.5 Å². The number of nitrogens with zero attached hydrogens (tertiary/aromatic N) is 1. The molecule has 0 aliphatic carbocycles. The Bertz CT molecular complexity index is 842. The van der Waals surface area contributed by atoms with E-state index in [-0.39, 0.29) is 17.2 Å². The highest BCUT2D eigenvalue weighted by Gasteiger charge is 2.33. The van der Waals surface area contributed by atoms with Crippen molar-refractivity contribution in [2.75, 3.05) is 0 Å². The number of hydrogen-bond donors (Lipinski definition) is 2. The van der Waals surface area contributed by atoms with Crippen LogP contribution < -0.4 is 14.1 Å². The first-order valence-electron chi connectivity index (χ1n) is 7.18. The molecule has 0 saturated heterocycles. The fourth-order valence-electron chi connectivity index (χ4n) is 1.77. The molecule has 0 aromatic heterocycles. The first kappa shape index (κ1) is 19.9. The summed E-state index contributed by atoms with van der Waals surface area (Å²) in [7, 11) is -4.14. The summed E-state index contributed by atoms with van der Waals surface area (Å²) < 4.78 is 24.5. The van der Waals surface area contributed by atoms with E-state index in [1.165, 1.54) is 43.3 Å². The summed E-state index contributed by atoms with van der Waals surface area (Å²) in [4.78, 5) is 21.2. The van der Waals surface area contributed by atoms with Gasteiger partial charge >= 0.3 is 13.7 Å². The number of rotatable bonds is 8. The molecule has 9 nitrogen and oxygen atoms in total. The normalized spacial score (nSPS) is 14.1. The lowest BCUT2D eigenvalue weighted by Gasteiger charge is -2.22. The molecule has 2 rings (SSSR count). The second-order valence-corrected chi connectivity index (χ2v) is 7.61. The Balaban J connectivity index is 2.26. The van der Waals surface area contributed by atoms with Gasteiger partial charge in [0.2, 0.25) is 0 Å². The van der Waals surface area contributed by atoms with Crippen molar-refractivity contribution in [3.8, 4) is 11.5 Å². The molecule has 2 N–H and O–H groups in total. The number of nitro groups is 1. The quantitative estimate of drug-likeness (QED) is 0.355. The number of carboxylic acids is 1. The first-order valence-corrected chi connectivity index (χ1v) is 9.52. The van der Waals surface area contributed by atoms with Gasteiger partial charge in [-0.05, 0) is 43.3 Å². The van der Waals surface area contributed by atoms with Crippen LogP contribution in [0.15, 0.2) is 53.0 Å². The fourth-order valence-corrected chi connectivity index (χ4v) is 3.56. The number of nitrogens with one attached hydrogen (secondary N) is 1. The zero-order chi connectivity index (χ0) is 19.3. The number of hydrogen-bond acceptors (Lipinski definition) is 6. The van der Waals surface area contributed by atoms with Crippen LogP contribution in [-0.2, 0) is 9.36 Å². The molecule has 2 aromatic rings. The molecule has 0 saturated carbocycles. The molecule has 11 heteroatoms. The molecule has 2 aromatic carbocycles. The van der Waals surface area contributed by atoms with Crippen LogP contribution in [0.5, 0.6) is 11.5 Å². The third-order valence-electron chi connectivity index (χ3n) is 3.03. The van der Waals surface area contributed by atoms with E-state index >= 15 is 0 Å². The van der Waals surface area contributed by atoms with Gasteiger partial charge in [-0.2, -0.15) is 5.09 Å². The molecular formula is C15H14BrN2O7P. The van der Waals surface area contributed by atoms with Crippen molar-refractivity contribution in [2.24, 2.45) is 0 Å². The van der Waals surface area contributed by atoms with E-state index in [0.29, 0.717) is 0 Å². The average molecular weight is 445 g/mol. The van der Waals surface area contributed by atoms with Crippen LogP contribution in [0, 0.1) is 10.1 Å². The highest BCUT2D eigenvalue weighted by Crippen LogP contribution is 2.45. The number of nitro benzene ring substituents is 1. The topological polar surface area (TPSA) is 128 Å². The van der Waals surface area contributed by atoms with Gasteiger partial charge in [0.25, 0.3) is 5.69 Å². The molecule has 0 fully saturated rings. The van der Waals surface area contributed by atoms with Crippen molar-refractivity contribution in [2.45, 2.75) is 13.0 Å². The maximum Gasteiger partial charge on any atom is 0.513 e. The molecule has 1 unspecified atom stereocenters. The molecule has 0 bridgehead atoms. The number of benzene rings is 2. The van der Waals surface area contributed by atoms with Crippen LogP contribution in [0.3, 0.4) is 0 Å². The molecule has 0 spiro atoms. The van der Waals surface area contributed by atoms with Gasteiger partial charge < -0.3 is 14.2 Å². The van der Waals surface area contributed by atoms with E-state index in [1.807, 2.05) is 0 Å². The SMILES string of the molecule is C[C@H](NP(=O)(Oc1ccc(Br)cc1)Oc1ccc([N+](=O)[O-])cc1)C(=O)O. The molecule has 138 valence electrons. The molecule has 0 aliphatic rings. The van der Waals surface area contributed by atoms with Gasteiger partial charge in [0.1, 0.15) is 17.5 Å². The number of halogens is 1. The van der Waals surface area contributed by atoms with Crippen LogP contribution in [-0.4, -0.2) is 22.0 Å². The Kier molecular flexibility index (Phi) is 6.36. The summed E-state index contributed by atoms with van der Waals surface area (Å²) in [5.74, 6) is -1.05. The minimum absolute atomic E-state index is 0.0149. The number of non-ortho nitro benzene ring substituents is 1. The van der Waals surface area contributed by atoms with E-state index in [4.69, 9.17) is 14.2 Å². The van der Waals surface area contributed by atoms with Gasteiger partial charge in [0.15, 0.2) is 0 Å². The third-order valence-corrected chi connectivity index (χ3v) is 5.17. The highest BCUT2D eigenvalue weighted by molar-refractivity contribution is 9.10. The fraction of sp³-hybridized carbons (Fsp3) is 0.133. The Morgan fingerprint density at radius 1 is 1.15 bits per heavy atom. The molecular weight excluding hydrogens is 431 g/mol. The summed E-state index contributed by atoms with van der Waals surface area (Å²) in [5, 5.41) is 22.0. The summed E-state index contributed by atoms with van der Waals surface area (Å²) in [6.07, 6.45) is 0.